The van der Waals surface area contributed by atoms with Crippen molar-refractivity contribution in [1.29, 1.82) is 0 Å². The van der Waals surface area contributed by atoms with Gasteiger partial charge >= 0.3 is 6.09 Å². The Labute approximate surface area is 242 Å². The maximum Gasteiger partial charge on any atom is 0.407 e. The molecule has 0 radical (unpaired) electrons. The van der Waals surface area contributed by atoms with Crippen LogP contribution in [0.2, 0.25) is 0 Å². The van der Waals surface area contributed by atoms with Gasteiger partial charge in [-0.25, -0.2) is 4.79 Å². The van der Waals surface area contributed by atoms with Crippen LogP contribution in [0.5, 0.6) is 0 Å². The second kappa shape index (κ2) is 17.7. The molecule has 1 aromatic rings. The van der Waals surface area contributed by atoms with Crippen molar-refractivity contribution in [3.05, 3.63) is 48.0 Å². The monoisotopic (exact) mass is 583 g/mol. The SMILES string of the molecule is COC1[C@@H](OC)CNC(=O)O[C@H]2[C@H](OC)[C@@H](OC)[C@H](c3ccccc3)O[C@@H]2COC/C=C/COC[C@@H](OC)[C@H]1OC. The summed E-state index contributed by atoms with van der Waals surface area (Å²) in [6.07, 6.45) is -2.30. The Bertz CT molecular complexity index is 904. The molecule has 3 rings (SSSR count). The molecule has 2 heterocycles. The number of rotatable bonds is 7. The third kappa shape index (κ3) is 8.93. The number of benzene rings is 1. The molecule has 1 unspecified atom stereocenters. The molecule has 0 saturated carbocycles. The fraction of sp³-hybridized carbons (Fsp3) is 0.690. The highest BCUT2D eigenvalue weighted by molar-refractivity contribution is 5.67. The Morgan fingerprint density at radius 2 is 1.29 bits per heavy atom. The van der Waals surface area contributed by atoms with Crippen LogP contribution in [0, 0.1) is 0 Å². The van der Waals surface area contributed by atoms with Crippen LogP contribution < -0.4 is 5.32 Å². The lowest BCUT2D eigenvalue weighted by molar-refractivity contribution is -0.246. The van der Waals surface area contributed by atoms with Crippen molar-refractivity contribution < 1.29 is 52.2 Å². The molecule has 1 fully saturated rings. The number of amides is 1. The van der Waals surface area contributed by atoms with Gasteiger partial charge in [-0.2, -0.15) is 0 Å². The van der Waals surface area contributed by atoms with Crippen molar-refractivity contribution in [3.8, 4) is 0 Å². The van der Waals surface area contributed by atoms with Gasteiger partial charge in [0.25, 0.3) is 0 Å². The van der Waals surface area contributed by atoms with E-state index >= 15 is 0 Å². The Balaban J connectivity index is 1.87. The van der Waals surface area contributed by atoms with Gasteiger partial charge in [0.1, 0.15) is 48.8 Å². The van der Waals surface area contributed by atoms with E-state index in [0.717, 1.165) is 5.56 Å². The first-order chi connectivity index (χ1) is 20.0. The van der Waals surface area contributed by atoms with E-state index in [1.807, 2.05) is 42.5 Å². The molecule has 0 aliphatic carbocycles. The number of fused-ring (bicyclic) bond motifs is 1. The lowest BCUT2D eigenvalue weighted by Gasteiger charge is -2.45. The van der Waals surface area contributed by atoms with E-state index in [-0.39, 0.29) is 19.8 Å². The van der Waals surface area contributed by atoms with Gasteiger partial charge in [-0.15, -0.1) is 0 Å². The zero-order chi connectivity index (χ0) is 29.6. The second-order valence-corrected chi connectivity index (χ2v) is 9.65. The molecule has 0 spiro atoms. The fourth-order valence-corrected chi connectivity index (χ4v) is 5.24. The summed E-state index contributed by atoms with van der Waals surface area (Å²) in [5, 5.41) is 2.79. The van der Waals surface area contributed by atoms with Crippen LogP contribution >= 0.6 is 0 Å². The molecule has 232 valence electrons. The van der Waals surface area contributed by atoms with Crippen LogP contribution in [-0.4, -0.2) is 131 Å². The first-order valence-corrected chi connectivity index (χ1v) is 13.6. The minimum absolute atomic E-state index is 0.0699. The summed E-state index contributed by atoms with van der Waals surface area (Å²) in [4.78, 5) is 13.2. The van der Waals surface area contributed by atoms with E-state index < -0.39 is 61.0 Å². The highest BCUT2D eigenvalue weighted by Gasteiger charge is 2.49. The topological polar surface area (TPSA) is 121 Å². The van der Waals surface area contributed by atoms with E-state index in [4.69, 9.17) is 47.4 Å². The number of methoxy groups -OCH3 is 6. The minimum Gasteiger partial charge on any atom is -0.440 e. The maximum absolute atomic E-state index is 13.2. The summed E-state index contributed by atoms with van der Waals surface area (Å²) in [5.41, 5.74) is 0.913. The Hall–Kier alpha value is -2.13. The zero-order valence-corrected chi connectivity index (χ0v) is 24.8. The first-order valence-electron chi connectivity index (χ1n) is 13.6. The van der Waals surface area contributed by atoms with Crippen LogP contribution in [-0.2, 0) is 47.4 Å². The van der Waals surface area contributed by atoms with Crippen molar-refractivity contribution in [1.82, 2.24) is 5.32 Å². The van der Waals surface area contributed by atoms with Gasteiger partial charge in [-0.1, -0.05) is 42.5 Å². The van der Waals surface area contributed by atoms with Gasteiger partial charge in [0.05, 0.1) is 26.4 Å². The summed E-state index contributed by atoms with van der Waals surface area (Å²) in [7, 11) is 9.34. The molecule has 1 N–H and O–H groups in total. The molecular weight excluding hydrogens is 538 g/mol. The quantitative estimate of drug-likeness (QED) is 0.474. The van der Waals surface area contributed by atoms with Gasteiger partial charge in [-0.3, -0.25) is 0 Å². The molecule has 1 aromatic carbocycles. The maximum atomic E-state index is 13.2. The van der Waals surface area contributed by atoms with Crippen molar-refractivity contribution in [2.75, 3.05) is 75.6 Å². The van der Waals surface area contributed by atoms with E-state index in [0.29, 0.717) is 13.2 Å². The zero-order valence-electron chi connectivity index (χ0n) is 24.8. The highest BCUT2D eigenvalue weighted by Crippen LogP contribution is 2.36. The van der Waals surface area contributed by atoms with Gasteiger partial charge in [0.2, 0.25) is 0 Å². The second-order valence-electron chi connectivity index (χ2n) is 9.65. The van der Waals surface area contributed by atoms with E-state index in [1.165, 1.54) is 7.11 Å². The van der Waals surface area contributed by atoms with Crippen molar-refractivity contribution >= 4 is 6.09 Å². The summed E-state index contributed by atoms with van der Waals surface area (Å²) in [6.45, 7) is 1.13. The molecule has 1 saturated heterocycles. The number of carbonyl (C=O) groups is 1. The number of hydrogen-bond donors (Lipinski definition) is 1. The van der Waals surface area contributed by atoms with E-state index in [1.54, 1.807) is 35.5 Å². The average Bonchev–Trinajstić information content (AvgIpc) is 3.00. The molecule has 0 bridgehead atoms. The molecule has 12 heteroatoms. The van der Waals surface area contributed by atoms with Crippen LogP contribution in [0.15, 0.2) is 42.5 Å². The third-order valence-electron chi connectivity index (χ3n) is 7.36. The number of nitrogens with one attached hydrogen (secondary N) is 1. The molecule has 2 aliphatic heterocycles. The molecule has 1 amide bonds. The lowest BCUT2D eigenvalue weighted by atomic mass is 9.90. The Morgan fingerprint density at radius 1 is 0.707 bits per heavy atom. The predicted octanol–water partition coefficient (Wildman–Crippen LogP) is 1.91. The van der Waals surface area contributed by atoms with Crippen LogP contribution in [0.4, 0.5) is 4.79 Å². The van der Waals surface area contributed by atoms with E-state index in [9.17, 15) is 4.79 Å². The van der Waals surface area contributed by atoms with Crippen LogP contribution in [0.3, 0.4) is 0 Å². The van der Waals surface area contributed by atoms with Gasteiger partial charge in [0, 0.05) is 49.2 Å². The summed E-state index contributed by atoms with van der Waals surface area (Å²) >= 11 is 0. The third-order valence-corrected chi connectivity index (χ3v) is 7.36. The predicted molar refractivity (Wildman–Crippen MR) is 148 cm³/mol. The molecule has 41 heavy (non-hydrogen) atoms. The van der Waals surface area contributed by atoms with Crippen LogP contribution in [0.25, 0.3) is 0 Å². The van der Waals surface area contributed by atoms with Crippen molar-refractivity contribution in [2.24, 2.45) is 0 Å². The summed E-state index contributed by atoms with van der Waals surface area (Å²) in [6, 6.07) is 9.71. The van der Waals surface area contributed by atoms with Crippen molar-refractivity contribution in [2.45, 2.75) is 54.9 Å². The van der Waals surface area contributed by atoms with Gasteiger partial charge < -0.3 is 52.7 Å². The number of ether oxygens (including phenoxy) is 10. The van der Waals surface area contributed by atoms with Crippen molar-refractivity contribution in [3.63, 3.8) is 0 Å². The molecule has 12 nitrogen and oxygen atoms in total. The summed E-state index contributed by atoms with van der Waals surface area (Å²) < 4.78 is 58.6. The minimum atomic E-state index is -0.833. The molecular formula is C29H45NO11. The number of alkyl carbamates (subject to hydrolysis) is 1. The van der Waals surface area contributed by atoms with E-state index in [2.05, 4.69) is 5.32 Å². The molecule has 2 aliphatic rings. The fourth-order valence-electron chi connectivity index (χ4n) is 5.24. The Morgan fingerprint density at radius 3 is 1.88 bits per heavy atom. The number of hydrogen-bond acceptors (Lipinski definition) is 11. The lowest BCUT2D eigenvalue weighted by Crippen LogP contribution is -2.59. The average molecular weight is 584 g/mol. The van der Waals surface area contributed by atoms with Gasteiger partial charge in [0.15, 0.2) is 6.10 Å². The largest absolute Gasteiger partial charge is 0.440 e. The normalized spacial score (nSPS) is 35.3. The molecule has 0 aromatic heterocycles. The molecule has 9 atom stereocenters. The highest BCUT2D eigenvalue weighted by atomic mass is 16.6. The van der Waals surface area contributed by atoms with Gasteiger partial charge in [-0.05, 0) is 5.56 Å². The first kappa shape index (κ1) is 33.4. The Kier molecular flexibility index (Phi) is 14.4. The summed E-state index contributed by atoms with van der Waals surface area (Å²) in [5.74, 6) is 0. The van der Waals surface area contributed by atoms with Crippen LogP contribution in [0.1, 0.15) is 11.7 Å². The smallest absolute Gasteiger partial charge is 0.407 e. The standard InChI is InChI=1S/C29H45NO11/c1-32-20-16-30-29(31)41-26-22(40-23(19-12-8-7-9-13-19)27(36-5)28(26)37-6)18-39-15-11-10-14-38-17-21(33-2)25(35-4)24(20)34-3/h7-13,20-28H,14-18H2,1-6H3,(H,30,31)/b11-10+/t20-,21+,22+,23-,24?,25+,26+,27-,28-/m0/s1. The number of carbonyl (C=O) groups excluding carboxylic acids is 1.